The first-order chi connectivity index (χ1) is 10.5. The number of ether oxygens (including phenoxy) is 1. The zero-order chi connectivity index (χ0) is 15.9. The monoisotopic (exact) mass is 320 g/mol. The second-order valence-electron chi connectivity index (χ2n) is 4.57. The van der Waals surface area contributed by atoms with Gasteiger partial charge in [0.15, 0.2) is 6.61 Å². The van der Waals surface area contributed by atoms with Crippen molar-refractivity contribution in [2.75, 3.05) is 6.61 Å². The molecule has 3 aromatic rings. The molecular formula is C15H9ClO6. The van der Waals surface area contributed by atoms with Gasteiger partial charge in [-0.2, -0.15) is 0 Å². The lowest BCUT2D eigenvalue weighted by Crippen LogP contribution is -2.09. The Balaban J connectivity index is 2.26. The first-order valence-electron chi connectivity index (χ1n) is 6.19. The lowest BCUT2D eigenvalue weighted by atomic mass is 10.1. The molecule has 6 nitrogen and oxygen atoms in total. The third-order valence-electron chi connectivity index (χ3n) is 3.05. The Morgan fingerprint density at radius 1 is 1.23 bits per heavy atom. The van der Waals surface area contributed by atoms with Crippen LogP contribution >= 0.6 is 11.6 Å². The average molecular weight is 321 g/mol. The van der Waals surface area contributed by atoms with Gasteiger partial charge in [0.25, 0.3) is 0 Å². The van der Waals surface area contributed by atoms with Gasteiger partial charge in [-0.25, -0.2) is 4.79 Å². The minimum absolute atomic E-state index is 0.00232. The molecule has 0 aliphatic carbocycles. The number of carbonyl (C=O) groups is 1. The number of benzene rings is 2. The lowest BCUT2D eigenvalue weighted by molar-refractivity contribution is -0.139. The van der Waals surface area contributed by atoms with Crippen LogP contribution in [0, 0.1) is 0 Å². The van der Waals surface area contributed by atoms with Gasteiger partial charge >= 0.3 is 5.97 Å². The summed E-state index contributed by atoms with van der Waals surface area (Å²) in [4.78, 5) is 22.9. The van der Waals surface area contributed by atoms with Gasteiger partial charge in [0.05, 0.1) is 5.39 Å². The van der Waals surface area contributed by atoms with Gasteiger partial charge in [0, 0.05) is 23.2 Å². The fourth-order valence-corrected chi connectivity index (χ4v) is 2.30. The van der Waals surface area contributed by atoms with Crippen LogP contribution < -0.4 is 10.2 Å². The van der Waals surface area contributed by atoms with E-state index in [2.05, 4.69) is 0 Å². The molecule has 0 fully saturated rings. The summed E-state index contributed by atoms with van der Waals surface area (Å²) in [5.74, 6) is -1.42. The minimum Gasteiger partial charge on any atom is -0.507 e. The van der Waals surface area contributed by atoms with Crippen LogP contribution in [0.25, 0.3) is 21.9 Å². The number of aliphatic carboxylic acids is 1. The van der Waals surface area contributed by atoms with Crippen molar-refractivity contribution >= 4 is 39.5 Å². The number of phenols is 1. The van der Waals surface area contributed by atoms with Gasteiger partial charge in [0.1, 0.15) is 28.1 Å². The summed E-state index contributed by atoms with van der Waals surface area (Å²) in [6.45, 7) is -0.575. The third-order valence-corrected chi connectivity index (χ3v) is 3.29. The van der Waals surface area contributed by atoms with Gasteiger partial charge in [-0.05, 0) is 12.1 Å². The van der Waals surface area contributed by atoms with E-state index >= 15 is 0 Å². The third kappa shape index (κ3) is 2.44. The van der Waals surface area contributed by atoms with Gasteiger partial charge in [-0.3, -0.25) is 4.79 Å². The molecule has 0 aliphatic heterocycles. The fourth-order valence-electron chi connectivity index (χ4n) is 2.13. The predicted octanol–water partition coefficient (Wildman–Crippen LogP) is 2.77. The van der Waals surface area contributed by atoms with Crippen LogP contribution in [-0.2, 0) is 4.79 Å². The molecule has 1 aromatic heterocycles. The number of halogens is 1. The molecular weight excluding hydrogens is 312 g/mol. The summed E-state index contributed by atoms with van der Waals surface area (Å²) in [5, 5.41) is 19.3. The van der Waals surface area contributed by atoms with Crippen molar-refractivity contribution < 1.29 is 24.2 Å². The highest BCUT2D eigenvalue weighted by Gasteiger charge is 2.14. The number of carboxylic acids is 1. The summed E-state index contributed by atoms with van der Waals surface area (Å²) in [6.07, 6.45) is 0. The van der Waals surface area contributed by atoms with Gasteiger partial charge in [-0.15, -0.1) is 0 Å². The Labute approximate surface area is 128 Å². The maximum Gasteiger partial charge on any atom is 0.341 e. The average Bonchev–Trinajstić information content (AvgIpc) is 2.44. The number of carboxylic acid groups (broad SMARTS) is 1. The van der Waals surface area contributed by atoms with E-state index < -0.39 is 18.0 Å². The summed E-state index contributed by atoms with van der Waals surface area (Å²) in [7, 11) is 0. The van der Waals surface area contributed by atoms with Crippen LogP contribution in [0.4, 0.5) is 0 Å². The van der Waals surface area contributed by atoms with E-state index in [1.165, 1.54) is 24.3 Å². The first kappa shape index (κ1) is 14.2. The molecule has 0 radical (unpaired) electrons. The maximum absolute atomic E-state index is 12.4. The Hall–Kier alpha value is -2.73. The highest BCUT2D eigenvalue weighted by atomic mass is 35.5. The van der Waals surface area contributed by atoms with Gasteiger partial charge in [0.2, 0.25) is 5.43 Å². The molecule has 2 N–H and O–H groups in total. The molecule has 22 heavy (non-hydrogen) atoms. The summed E-state index contributed by atoms with van der Waals surface area (Å²) in [5.41, 5.74) is -0.0601. The molecule has 0 saturated heterocycles. The molecule has 0 spiro atoms. The standard InChI is InChI=1S/C15H9ClO6/c16-7-1-2-9-11(3-7)22-12-5-8(21-6-13(18)19)4-10(17)14(12)15(9)20/h1-5,17H,6H2,(H,18,19). The molecule has 0 saturated carbocycles. The van der Waals surface area contributed by atoms with Gasteiger partial charge in [-0.1, -0.05) is 11.6 Å². The maximum atomic E-state index is 12.4. The normalized spacial score (nSPS) is 11.0. The van der Waals surface area contributed by atoms with Crippen molar-refractivity contribution in [2.24, 2.45) is 0 Å². The zero-order valence-corrected chi connectivity index (χ0v) is 11.8. The highest BCUT2D eigenvalue weighted by Crippen LogP contribution is 2.31. The largest absolute Gasteiger partial charge is 0.507 e. The van der Waals surface area contributed by atoms with Crippen LogP contribution in [-0.4, -0.2) is 22.8 Å². The minimum atomic E-state index is -1.16. The summed E-state index contributed by atoms with van der Waals surface area (Å²) < 4.78 is 10.5. The quantitative estimate of drug-likeness (QED) is 0.720. The molecule has 112 valence electrons. The van der Waals surface area contributed by atoms with E-state index in [0.717, 1.165) is 0 Å². The predicted molar refractivity (Wildman–Crippen MR) is 79.8 cm³/mol. The van der Waals surface area contributed by atoms with E-state index in [1.54, 1.807) is 6.07 Å². The number of hydrogen-bond acceptors (Lipinski definition) is 5. The Kier molecular flexibility index (Phi) is 3.38. The summed E-state index contributed by atoms with van der Waals surface area (Å²) >= 11 is 5.87. The number of hydrogen-bond donors (Lipinski definition) is 2. The van der Waals surface area contributed by atoms with Crippen molar-refractivity contribution in [2.45, 2.75) is 0 Å². The molecule has 0 aliphatic rings. The molecule has 0 bridgehead atoms. The van der Waals surface area contributed by atoms with E-state index in [-0.39, 0.29) is 33.4 Å². The van der Waals surface area contributed by atoms with Crippen LogP contribution in [0.5, 0.6) is 11.5 Å². The second kappa shape index (κ2) is 5.23. The SMILES string of the molecule is O=C(O)COc1cc(O)c2c(=O)c3ccc(Cl)cc3oc2c1. The number of fused-ring (bicyclic) bond motifs is 2. The molecule has 0 unspecified atom stereocenters. The van der Waals surface area contributed by atoms with E-state index in [4.69, 9.17) is 25.9 Å². The molecule has 2 aromatic carbocycles. The van der Waals surface area contributed by atoms with Crippen molar-refractivity contribution in [3.8, 4) is 11.5 Å². The van der Waals surface area contributed by atoms with Crippen LogP contribution in [0.1, 0.15) is 0 Å². The first-order valence-corrected chi connectivity index (χ1v) is 6.57. The van der Waals surface area contributed by atoms with Crippen molar-refractivity contribution in [1.82, 2.24) is 0 Å². The van der Waals surface area contributed by atoms with Crippen molar-refractivity contribution in [3.05, 3.63) is 45.6 Å². The topological polar surface area (TPSA) is 97.0 Å². The Bertz CT molecular complexity index is 960. The van der Waals surface area contributed by atoms with Crippen LogP contribution in [0.2, 0.25) is 5.02 Å². The van der Waals surface area contributed by atoms with Gasteiger partial charge < -0.3 is 19.4 Å². The lowest BCUT2D eigenvalue weighted by Gasteiger charge is -2.07. The molecule has 3 rings (SSSR count). The van der Waals surface area contributed by atoms with E-state index in [0.29, 0.717) is 5.02 Å². The molecule has 0 atom stereocenters. The molecule has 1 heterocycles. The fraction of sp³-hybridized carbons (Fsp3) is 0.0667. The van der Waals surface area contributed by atoms with Crippen molar-refractivity contribution in [3.63, 3.8) is 0 Å². The molecule has 0 amide bonds. The molecule has 7 heteroatoms. The Morgan fingerprint density at radius 3 is 2.73 bits per heavy atom. The zero-order valence-electron chi connectivity index (χ0n) is 11.0. The number of rotatable bonds is 3. The second-order valence-corrected chi connectivity index (χ2v) is 5.01. The van der Waals surface area contributed by atoms with Crippen LogP contribution in [0.15, 0.2) is 39.5 Å². The number of phenolic OH excluding ortho intramolecular Hbond substituents is 1. The van der Waals surface area contributed by atoms with Crippen molar-refractivity contribution in [1.29, 1.82) is 0 Å². The smallest absolute Gasteiger partial charge is 0.341 e. The van der Waals surface area contributed by atoms with E-state index in [9.17, 15) is 14.7 Å². The highest BCUT2D eigenvalue weighted by molar-refractivity contribution is 6.31. The van der Waals surface area contributed by atoms with E-state index in [1.807, 2.05) is 0 Å². The number of aromatic hydroxyl groups is 1. The van der Waals surface area contributed by atoms with Crippen LogP contribution in [0.3, 0.4) is 0 Å². The Morgan fingerprint density at radius 2 is 2.00 bits per heavy atom. The summed E-state index contributed by atoms with van der Waals surface area (Å²) in [6, 6.07) is 7.06.